The van der Waals surface area contributed by atoms with E-state index in [4.69, 9.17) is 9.47 Å². The van der Waals surface area contributed by atoms with Gasteiger partial charge in [0.15, 0.2) is 0 Å². The van der Waals surface area contributed by atoms with Crippen LogP contribution >= 0.6 is 0 Å². The fraction of sp³-hybridized carbons (Fsp3) is 0.700. The average molecular weight is 184 g/mol. The fourth-order valence-corrected chi connectivity index (χ4v) is 1.34. The predicted molar refractivity (Wildman–Crippen MR) is 49.3 cm³/mol. The zero-order valence-electron chi connectivity index (χ0n) is 8.04. The normalized spacial score (nSPS) is 18.8. The molecule has 0 saturated carbocycles. The quantitative estimate of drug-likeness (QED) is 0.480. The van der Waals surface area contributed by atoms with Gasteiger partial charge in [0.25, 0.3) is 0 Å². The van der Waals surface area contributed by atoms with Gasteiger partial charge in [-0.05, 0) is 12.8 Å². The molecular formula is C10H16O3. The van der Waals surface area contributed by atoms with Crippen LogP contribution in [0.2, 0.25) is 0 Å². The number of hydrogen-bond donors (Lipinski definition) is 0. The van der Waals surface area contributed by atoms with E-state index < -0.39 is 0 Å². The summed E-state index contributed by atoms with van der Waals surface area (Å²) in [6.45, 7) is 7.54. The summed E-state index contributed by atoms with van der Waals surface area (Å²) < 4.78 is 10.1. The van der Waals surface area contributed by atoms with Crippen molar-refractivity contribution in [2.24, 2.45) is 5.41 Å². The summed E-state index contributed by atoms with van der Waals surface area (Å²) in [5.41, 5.74) is 0.265. The Labute approximate surface area is 78.7 Å². The van der Waals surface area contributed by atoms with Gasteiger partial charge in [0.2, 0.25) is 0 Å². The second-order valence-corrected chi connectivity index (χ2v) is 3.47. The molecule has 0 amide bonds. The summed E-state index contributed by atoms with van der Waals surface area (Å²) in [7, 11) is 0. The van der Waals surface area contributed by atoms with E-state index in [1.807, 2.05) is 0 Å². The van der Waals surface area contributed by atoms with Gasteiger partial charge < -0.3 is 9.47 Å². The molecule has 1 aliphatic rings. The minimum Gasteiger partial charge on any atom is -0.463 e. The molecule has 0 aliphatic carbocycles. The molecule has 0 aromatic heterocycles. The first kappa shape index (κ1) is 10.3. The highest BCUT2D eigenvalue weighted by molar-refractivity contribution is 5.81. The standard InChI is InChI=1S/C10H16O3/c1-3-9(11)13-6-5-10(4-2)7-12-8-10/h3H,1,4-8H2,2H3. The van der Waals surface area contributed by atoms with Crippen LogP contribution in [0.5, 0.6) is 0 Å². The average Bonchev–Trinajstić information content (AvgIpc) is 2.09. The Balaban J connectivity index is 2.17. The van der Waals surface area contributed by atoms with Crippen molar-refractivity contribution in [1.82, 2.24) is 0 Å². The van der Waals surface area contributed by atoms with Crippen LogP contribution in [0.25, 0.3) is 0 Å². The Bertz CT molecular complexity index is 189. The zero-order chi connectivity index (χ0) is 9.73. The fourth-order valence-electron chi connectivity index (χ4n) is 1.34. The third-order valence-electron chi connectivity index (χ3n) is 2.61. The van der Waals surface area contributed by atoms with Crippen LogP contribution in [-0.4, -0.2) is 25.8 Å². The minimum atomic E-state index is -0.341. The topological polar surface area (TPSA) is 35.5 Å². The van der Waals surface area contributed by atoms with Gasteiger partial charge in [0, 0.05) is 11.5 Å². The molecule has 0 atom stereocenters. The Kier molecular flexibility index (Phi) is 3.48. The Hall–Kier alpha value is -0.830. The first-order valence-corrected chi connectivity index (χ1v) is 4.59. The monoisotopic (exact) mass is 184 g/mol. The van der Waals surface area contributed by atoms with E-state index in [0.717, 1.165) is 26.1 Å². The summed E-state index contributed by atoms with van der Waals surface area (Å²) in [5, 5.41) is 0. The summed E-state index contributed by atoms with van der Waals surface area (Å²) in [4.78, 5) is 10.7. The lowest BCUT2D eigenvalue weighted by Crippen LogP contribution is -2.42. The van der Waals surface area contributed by atoms with E-state index in [1.165, 1.54) is 6.08 Å². The van der Waals surface area contributed by atoms with Crippen LogP contribution in [0, 0.1) is 5.41 Å². The molecule has 0 spiro atoms. The number of rotatable bonds is 5. The molecule has 1 aliphatic heterocycles. The molecule has 3 heteroatoms. The van der Waals surface area contributed by atoms with Crippen LogP contribution in [0.1, 0.15) is 19.8 Å². The van der Waals surface area contributed by atoms with E-state index in [1.54, 1.807) is 0 Å². The van der Waals surface area contributed by atoms with Crippen molar-refractivity contribution in [3.05, 3.63) is 12.7 Å². The molecule has 0 aromatic rings. The van der Waals surface area contributed by atoms with Gasteiger partial charge in [-0.25, -0.2) is 4.79 Å². The number of carbonyl (C=O) groups is 1. The number of ether oxygens (including phenoxy) is 2. The maximum atomic E-state index is 10.7. The van der Waals surface area contributed by atoms with Crippen molar-refractivity contribution in [2.75, 3.05) is 19.8 Å². The second-order valence-electron chi connectivity index (χ2n) is 3.47. The minimum absolute atomic E-state index is 0.265. The molecule has 0 unspecified atom stereocenters. The smallest absolute Gasteiger partial charge is 0.330 e. The van der Waals surface area contributed by atoms with E-state index in [9.17, 15) is 4.79 Å². The molecule has 1 fully saturated rings. The highest BCUT2D eigenvalue weighted by atomic mass is 16.5. The van der Waals surface area contributed by atoms with Crippen LogP contribution < -0.4 is 0 Å². The molecule has 3 nitrogen and oxygen atoms in total. The van der Waals surface area contributed by atoms with E-state index in [2.05, 4.69) is 13.5 Å². The molecule has 1 rings (SSSR count). The third-order valence-corrected chi connectivity index (χ3v) is 2.61. The predicted octanol–water partition coefficient (Wildman–Crippen LogP) is 1.53. The molecule has 1 saturated heterocycles. The van der Waals surface area contributed by atoms with Crippen LogP contribution in [0.4, 0.5) is 0 Å². The van der Waals surface area contributed by atoms with Gasteiger partial charge in [-0.15, -0.1) is 0 Å². The summed E-state index contributed by atoms with van der Waals surface area (Å²) >= 11 is 0. The molecule has 0 N–H and O–H groups in total. The largest absolute Gasteiger partial charge is 0.463 e. The van der Waals surface area contributed by atoms with Gasteiger partial charge in [0.1, 0.15) is 0 Å². The second kappa shape index (κ2) is 4.42. The molecule has 0 aromatic carbocycles. The summed E-state index contributed by atoms with van der Waals surface area (Å²) in [6.07, 6.45) is 3.16. The molecule has 1 heterocycles. The Morgan fingerprint density at radius 2 is 2.38 bits per heavy atom. The number of esters is 1. The van der Waals surface area contributed by atoms with Gasteiger partial charge in [-0.3, -0.25) is 0 Å². The van der Waals surface area contributed by atoms with Gasteiger partial charge >= 0.3 is 5.97 Å². The highest BCUT2D eigenvalue weighted by Crippen LogP contribution is 2.34. The van der Waals surface area contributed by atoms with Crippen LogP contribution in [0.3, 0.4) is 0 Å². The van der Waals surface area contributed by atoms with E-state index in [0.29, 0.717) is 6.61 Å². The maximum Gasteiger partial charge on any atom is 0.330 e. The van der Waals surface area contributed by atoms with Crippen molar-refractivity contribution in [3.8, 4) is 0 Å². The Morgan fingerprint density at radius 3 is 2.77 bits per heavy atom. The van der Waals surface area contributed by atoms with Crippen molar-refractivity contribution in [3.63, 3.8) is 0 Å². The van der Waals surface area contributed by atoms with Gasteiger partial charge in [-0.1, -0.05) is 13.5 Å². The molecule has 0 radical (unpaired) electrons. The van der Waals surface area contributed by atoms with E-state index in [-0.39, 0.29) is 11.4 Å². The highest BCUT2D eigenvalue weighted by Gasteiger charge is 2.36. The van der Waals surface area contributed by atoms with Crippen molar-refractivity contribution in [1.29, 1.82) is 0 Å². The number of hydrogen-bond acceptors (Lipinski definition) is 3. The summed E-state index contributed by atoms with van der Waals surface area (Å²) in [5.74, 6) is -0.341. The Morgan fingerprint density at radius 1 is 1.69 bits per heavy atom. The van der Waals surface area contributed by atoms with Crippen LogP contribution in [-0.2, 0) is 14.3 Å². The molecule has 0 bridgehead atoms. The van der Waals surface area contributed by atoms with Crippen molar-refractivity contribution in [2.45, 2.75) is 19.8 Å². The first-order chi connectivity index (χ1) is 6.22. The molecule has 13 heavy (non-hydrogen) atoms. The lowest BCUT2D eigenvalue weighted by Gasteiger charge is -2.40. The van der Waals surface area contributed by atoms with Crippen LogP contribution in [0.15, 0.2) is 12.7 Å². The number of carbonyl (C=O) groups excluding carboxylic acids is 1. The SMILES string of the molecule is C=CC(=O)OCCC1(CC)COC1. The van der Waals surface area contributed by atoms with Crippen molar-refractivity contribution < 1.29 is 14.3 Å². The van der Waals surface area contributed by atoms with Gasteiger partial charge in [0.05, 0.1) is 19.8 Å². The first-order valence-electron chi connectivity index (χ1n) is 4.59. The zero-order valence-corrected chi connectivity index (χ0v) is 8.04. The molecular weight excluding hydrogens is 168 g/mol. The maximum absolute atomic E-state index is 10.7. The lowest BCUT2D eigenvalue weighted by atomic mass is 9.80. The van der Waals surface area contributed by atoms with E-state index >= 15 is 0 Å². The van der Waals surface area contributed by atoms with Gasteiger partial charge in [-0.2, -0.15) is 0 Å². The lowest BCUT2D eigenvalue weighted by molar-refractivity contribution is -0.147. The van der Waals surface area contributed by atoms with Crippen molar-refractivity contribution >= 4 is 5.97 Å². The summed E-state index contributed by atoms with van der Waals surface area (Å²) in [6, 6.07) is 0. The third kappa shape index (κ3) is 2.56. The molecule has 74 valence electrons.